The first-order chi connectivity index (χ1) is 19.7. The molecule has 0 unspecified atom stereocenters. The van der Waals surface area contributed by atoms with E-state index in [4.69, 9.17) is 0 Å². The van der Waals surface area contributed by atoms with Crippen molar-refractivity contribution in [2.24, 2.45) is 5.41 Å². The molecule has 0 aliphatic heterocycles. The van der Waals surface area contributed by atoms with E-state index in [9.17, 15) is 41.0 Å². The maximum atomic E-state index is 13.0. The van der Waals surface area contributed by atoms with Crippen LogP contribution in [0.3, 0.4) is 0 Å². The van der Waals surface area contributed by atoms with Crippen molar-refractivity contribution in [1.29, 1.82) is 0 Å². The molecular formula is C28H23F6N5O3. The number of alkyl halides is 6. The molecule has 4 aromatic rings. The summed E-state index contributed by atoms with van der Waals surface area (Å²) in [6.45, 7) is 0. The fourth-order valence-corrected chi connectivity index (χ4v) is 6.15. The Morgan fingerprint density at radius 3 is 2.36 bits per heavy atom. The van der Waals surface area contributed by atoms with Crippen molar-refractivity contribution in [2.45, 2.75) is 55.6 Å². The van der Waals surface area contributed by atoms with Gasteiger partial charge in [0.2, 0.25) is 0 Å². The van der Waals surface area contributed by atoms with Crippen LogP contribution in [0.25, 0.3) is 22.4 Å². The Bertz CT molecular complexity index is 1760. The van der Waals surface area contributed by atoms with Crippen LogP contribution in [0, 0.1) is 5.41 Å². The summed E-state index contributed by atoms with van der Waals surface area (Å²) < 4.78 is 78.7. The molecule has 3 aromatic heterocycles. The Hall–Kier alpha value is -4.20. The monoisotopic (exact) mass is 591 g/mol. The number of pyridine rings is 1. The fraction of sp³-hybridized carbons (Fsp3) is 0.357. The van der Waals surface area contributed by atoms with Gasteiger partial charge in [0.25, 0.3) is 17.1 Å². The SMILES string of the molecule is O=C(NC1CC2(C1)CC(c1n[nH]c(=O)c3ccccc13)C2)c1cnn2cc(/C=C/C(O)(C(F)(F)F)C(F)(F)F)ccc12. The highest BCUT2D eigenvalue weighted by Gasteiger charge is 2.69. The minimum Gasteiger partial charge on any atom is -0.370 e. The zero-order chi connectivity index (χ0) is 30.1. The zero-order valence-corrected chi connectivity index (χ0v) is 21.6. The van der Waals surface area contributed by atoms with Gasteiger partial charge in [-0.05, 0) is 54.9 Å². The Kier molecular flexibility index (Phi) is 6.26. The first-order valence-corrected chi connectivity index (χ1v) is 13.0. The second-order valence-electron chi connectivity index (χ2n) is 11.1. The number of H-pyrrole nitrogens is 1. The molecule has 14 heteroatoms. The number of carbonyl (C=O) groups excluding carboxylic acids is 1. The topological polar surface area (TPSA) is 112 Å². The summed E-state index contributed by atoms with van der Waals surface area (Å²) in [7, 11) is 0. The largest absolute Gasteiger partial charge is 0.430 e. The molecule has 1 spiro atoms. The lowest BCUT2D eigenvalue weighted by Crippen LogP contribution is -2.55. The van der Waals surface area contributed by atoms with Crippen molar-refractivity contribution in [3.63, 3.8) is 0 Å². The molecule has 3 heterocycles. The van der Waals surface area contributed by atoms with Gasteiger partial charge in [0, 0.05) is 23.5 Å². The molecule has 1 amide bonds. The number of rotatable bonds is 5. The van der Waals surface area contributed by atoms with E-state index < -0.39 is 23.9 Å². The standard InChI is InChI=1S/C28H23F6N5O3/c29-27(30,31)26(42,28(32,33)34)8-7-15-5-6-21-20(13-35-39(21)14-15)23(40)36-17-11-25(12-17)9-16(10-25)22-18-3-1-2-4-19(18)24(41)38-37-22/h1-8,13-14,16-17,42H,9-12H2,(H,36,40)(H,38,41)/b8-7+. The molecule has 2 saturated carbocycles. The third-order valence-electron chi connectivity index (χ3n) is 8.33. The number of hydrogen-bond donors (Lipinski definition) is 3. The van der Waals surface area contributed by atoms with Gasteiger partial charge in [-0.15, -0.1) is 0 Å². The van der Waals surface area contributed by atoms with E-state index in [0.29, 0.717) is 17.0 Å². The van der Waals surface area contributed by atoms with Crippen molar-refractivity contribution >= 4 is 28.3 Å². The molecule has 2 fully saturated rings. The van der Waals surface area contributed by atoms with Crippen molar-refractivity contribution in [2.75, 3.05) is 0 Å². The van der Waals surface area contributed by atoms with E-state index in [2.05, 4.69) is 20.6 Å². The number of aromatic amines is 1. The Morgan fingerprint density at radius 1 is 1.02 bits per heavy atom. The Labute approximate surface area is 233 Å². The molecule has 42 heavy (non-hydrogen) atoms. The van der Waals surface area contributed by atoms with Gasteiger partial charge in [0.05, 0.1) is 28.4 Å². The van der Waals surface area contributed by atoms with Gasteiger partial charge in [-0.2, -0.15) is 36.5 Å². The highest BCUT2D eigenvalue weighted by molar-refractivity contribution is 6.00. The molecule has 0 radical (unpaired) electrons. The predicted molar refractivity (Wildman–Crippen MR) is 139 cm³/mol. The minimum absolute atomic E-state index is 0.0710. The average Bonchev–Trinajstić information content (AvgIpc) is 3.31. The summed E-state index contributed by atoms with van der Waals surface area (Å²) in [5, 5.41) is 24.6. The van der Waals surface area contributed by atoms with Crippen molar-refractivity contribution < 1.29 is 36.2 Å². The molecule has 0 atom stereocenters. The van der Waals surface area contributed by atoms with E-state index >= 15 is 0 Å². The van der Waals surface area contributed by atoms with Gasteiger partial charge in [-0.3, -0.25) is 9.59 Å². The third kappa shape index (κ3) is 4.53. The van der Waals surface area contributed by atoms with Crippen LogP contribution >= 0.6 is 0 Å². The quantitative estimate of drug-likeness (QED) is 0.286. The van der Waals surface area contributed by atoms with Crippen LogP contribution in [0.2, 0.25) is 0 Å². The average molecular weight is 592 g/mol. The van der Waals surface area contributed by atoms with Crippen LogP contribution in [0.1, 0.15) is 53.2 Å². The maximum absolute atomic E-state index is 13.0. The van der Waals surface area contributed by atoms with E-state index in [1.54, 1.807) is 12.1 Å². The van der Waals surface area contributed by atoms with Crippen molar-refractivity contribution in [1.82, 2.24) is 25.1 Å². The molecule has 1 aromatic carbocycles. The fourth-order valence-electron chi connectivity index (χ4n) is 6.15. The second-order valence-corrected chi connectivity index (χ2v) is 11.1. The number of carbonyl (C=O) groups is 1. The lowest BCUT2D eigenvalue weighted by molar-refractivity contribution is -0.347. The highest BCUT2D eigenvalue weighted by Crippen LogP contribution is 2.62. The molecule has 0 saturated heterocycles. The van der Waals surface area contributed by atoms with E-state index in [1.807, 2.05) is 12.1 Å². The van der Waals surface area contributed by atoms with Crippen LogP contribution in [-0.4, -0.2) is 54.8 Å². The van der Waals surface area contributed by atoms with Crippen LogP contribution in [0.5, 0.6) is 0 Å². The lowest BCUT2D eigenvalue weighted by Gasteiger charge is -2.57. The van der Waals surface area contributed by atoms with Gasteiger partial charge in [0.15, 0.2) is 0 Å². The molecule has 2 aliphatic carbocycles. The first-order valence-electron chi connectivity index (χ1n) is 13.0. The van der Waals surface area contributed by atoms with E-state index in [-0.39, 0.29) is 40.1 Å². The summed E-state index contributed by atoms with van der Waals surface area (Å²) in [6, 6.07) is 9.83. The number of amides is 1. The molecule has 8 nitrogen and oxygen atoms in total. The number of nitrogens with zero attached hydrogens (tertiary/aromatic N) is 3. The summed E-state index contributed by atoms with van der Waals surface area (Å²) in [6.07, 6.45) is -6.10. The third-order valence-corrected chi connectivity index (χ3v) is 8.33. The van der Waals surface area contributed by atoms with E-state index in [0.717, 1.165) is 47.5 Å². The minimum atomic E-state index is -5.98. The maximum Gasteiger partial charge on any atom is 0.430 e. The van der Waals surface area contributed by atoms with E-state index in [1.165, 1.54) is 18.3 Å². The van der Waals surface area contributed by atoms with Crippen LogP contribution in [0.4, 0.5) is 26.3 Å². The molecule has 0 bridgehead atoms. The van der Waals surface area contributed by atoms with Crippen molar-refractivity contribution in [3.05, 3.63) is 82.0 Å². The number of benzene rings is 1. The Balaban J connectivity index is 1.09. The molecule has 3 N–H and O–H groups in total. The smallest absolute Gasteiger partial charge is 0.370 e. The van der Waals surface area contributed by atoms with Crippen LogP contribution in [-0.2, 0) is 0 Å². The van der Waals surface area contributed by atoms with Crippen molar-refractivity contribution in [3.8, 4) is 0 Å². The van der Waals surface area contributed by atoms with Gasteiger partial charge < -0.3 is 10.4 Å². The molecular weight excluding hydrogens is 568 g/mol. The van der Waals surface area contributed by atoms with Crippen LogP contribution in [0.15, 0.2) is 59.7 Å². The number of aliphatic hydroxyl groups is 1. The summed E-state index contributed by atoms with van der Waals surface area (Å²) >= 11 is 0. The van der Waals surface area contributed by atoms with Gasteiger partial charge >= 0.3 is 12.4 Å². The van der Waals surface area contributed by atoms with Gasteiger partial charge in [-0.25, -0.2) is 9.61 Å². The normalized spacial score (nSPS) is 22.9. The number of nitrogens with one attached hydrogen (secondary N) is 2. The predicted octanol–water partition coefficient (Wildman–Crippen LogP) is 4.90. The zero-order valence-electron chi connectivity index (χ0n) is 21.6. The summed E-state index contributed by atoms with van der Waals surface area (Å²) in [5.41, 5.74) is -3.90. The number of hydrogen-bond acceptors (Lipinski definition) is 5. The first kappa shape index (κ1) is 27.9. The Morgan fingerprint density at radius 2 is 1.69 bits per heavy atom. The lowest BCUT2D eigenvalue weighted by atomic mass is 9.49. The molecule has 2 aliphatic rings. The number of fused-ring (bicyclic) bond motifs is 2. The number of halogens is 6. The number of aromatic nitrogens is 4. The molecule has 6 rings (SSSR count). The summed E-state index contributed by atoms with van der Waals surface area (Å²) in [4.78, 5) is 25.0. The van der Waals surface area contributed by atoms with Crippen LogP contribution < -0.4 is 10.9 Å². The summed E-state index contributed by atoms with van der Waals surface area (Å²) in [5.74, 6) is -0.199. The van der Waals surface area contributed by atoms with Gasteiger partial charge in [0.1, 0.15) is 0 Å². The second kappa shape index (κ2) is 9.41. The molecule has 220 valence electrons. The highest BCUT2D eigenvalue weighted by atomic mass is 19.4. The van der Waals surface area contributed by atoms with Gasteiger partial charge in [-0.1, -0.05) is 30.3 Å².